The predicted molar refractivity (Wildman–Crippen MR) is 67.1 cm³/mol. The monoisotopic (exact) mass is 282 g/mol. The second-order valence-electron chi connectivity index (χ2n) is 4.37. The van der Waals surface area contributed by atoms with Crippen molar-refractivity contribution in [2.24, 2.45) is 11.8 Å². The molecule has 4 heteroatoms. The molecule has 16 heavy (non-hydrogen) atoms. The number of nitrogens with one attached hydrogen (secondary N) is 1. The summed E-state index contributed by atoms with van der Waals surface area (Å²) < 4.78 is 0.916. The lowest BCUT2D eigenvalue weighted by molar-refractivity contribution is -0.120. The molecule has 1 heterocycles. The maximum Gasteiger partial charge on any atom is 0.228 e. The van der Waals surface area contributed by atoms with Crippen molar-refractivity contribution in [2.75, 3.05) is 5.32 Å². The molecule has 86 valence electrons. The number of carbonyl (C=O) groups is 1. The van der Waals surface area contributed by atoms with Crippen LogP contribution in [-0.4, -0.2) is 10.9 Å². The van der Waals surface area contributed by atoms with E-state index in [1.807, 2.05) is 12.1 Å². The van der Waals surface area contributed by atoms with Crippen LogP contribution >= 0.6 is 15.9 Å². The Balaban J connectivity index is 1.99. The average Bonchev–Trinajstić information content (AvgIpc) is 2.68. The second-order valence-corrected chi connectivity index (χ2v) is 5.28. The van der Waals surface area contributed by atoms with Crippen LogP contribution in [-0.2, 0) is 4.79 Å². The lowest BCUT2D eigenvalue weighted by Crippen LogP contribution is -2.24. The van der Waals surface area contributed by atoms with E-state index < -0.39 is 0 Å². The van der Waals surface area contributed by atoms with E-state index in [1.165, 1.54) is 0 Å². The van der Waals surface area contributed by atoms with E-state index in [0.29, 0.717) is 11.7 Å². The van der Waals surface area contributed by atoms with Crippen LogP contribution < -0.4 is 5.32 Å². The van der Waals surface area contributed by atoms with Gasteiger partial charge in [0.25, 0.3) is 0 Å². The predicted octanol–water partition coefficient (Wildman–Crippen LogP) is 3.22. The van der Waals surface area contributed by atoms with E-state index in [9.17, 15) is 4.79 Å². The standard InChI is InChI=1S/C12H15BrN2O/c1-8-3-2-4-10(8)12(16)15-11-6-5-9(13)7-14-11/h5-8,10H,2-4H2,1H3,(H,14,15,16). The lowest BCUT2D eigenvalue weighted by Gasteiger charge is -2.14. The summed E-state index contributed by atoms with van der Waals surface area (Å²) in [6.07, 6.45) is 5.01. The van der Waals surface area contributed by atoms with E-state index in [-0.39, 0.29) is 11.8 Å². The normalized spacial score (nSPS) is 24.4. The summed E-state index contributed by atoms with van der Waals surface area (Å²) in [5.41, 5.74) is 0. The Hall–Kier alpha value is -0.900. The fourth-order valence-corrected chi connectivity index (χ4v) is 2.44. The highest BCUT2D eigenvalue weighted by molar-refractivity contribution is 9.10. The third-order valence-electron chi connectivity index (χ3n) is 3.18. The van der Waals surface area contributed by atoms with Gasteiger partial charge in [-0.15, -0.1) is 0 Å². The number of halogens is 1. The van der Waals surface area contributed by atoms with Crippen molar-refractivity contribution in [3.8, 4) is 0 Å². The molecule has 1 aliphatic carbocycles. The van der Waals surface area contributed by atoms with Crippen molar-refractivity contribution in [1.29, 1.82) is 0 Å². The van der Waals surface area contributed by atoms with Crippen molar-refractivity contribution >= 4 is 27.7 Å². The summed E-state index contributed by atoms with van der Waals surface area (Å²) >= 11 is 3.31. The zero-order valence-electron chi connectivity index (χ0n) is 9.24. The number of rotatable bonds is 2. The minimum absolute atomic E-state index is 0.111. The third-order valence-corrected chi connectivity index (χ3v) is 3.65. The maximum atomic E-state index is 11.9. The molecule has 0 aromatic carbocycles. The summed E-state index contributed by atoms with van der Waals surface area (Å²) in [5.74, 6) is 1.40. The van der Waals surface area contributed by atoms with E-state index in [2.05, 4.69) is 33.2 Å². The number of amides is 1. The quantitative estimate of drug-likeness (QED) is 0.905. The molecule has 1 aromatic rings. The van der Waals surface area contributed by atoms with Crippen LogP contribution in [0.1, 0.15) is 26.2 Å². The van der Waals surface area contributed by atoms with Crippen molar-refractivity contribution in [3.63, 3.8) is 0 Å². The number of aromatic nitrogens is 1. The van der Waals surface area contributed by atoms with Gasteiger partial charge in [0.1, 0.15) is 5.82 Å². The minimum atomic E-state index is 0.111. The summed E-state index contributed by atoms with van der Waals surface area (Å²) in [7, 11) is 0. The zero-order chi connectivity index (χ0) is 11.5. The van der Waals surface area contributed by atoms with Crippen molar-refractivity contribution < 1.29 is 4.79 Å². The van der Waals surface area contributed by atoms with E-state index in [0.717, 1.165) is 23.7 Å². The van der Waals surface area contributed by atoms with Crippen molar-refractivity contribution in [3.05, 3.63) is 22.8 Å². The molecule has 0 saturated heterocycles. The van der Waals surface area contributed by atoms with Gasteiger partial charge in [-0.05, 0) is 46.8 Å². The smallest absolute Gasteiger partial charge is 0.228 e. The molecule has 3 nitrogen and oxygen atoms in total. The summed E-state index contributed by atoms with van der Waals surface area (Å²) in [6, 6.07) is 3.68. The molecule has 2 rings (SSSR count). The molecule has 1 amide bonds. The van der Waals surface area contributed by atoms with Crippen LogP contribution in [0.5, 0.6) is 0 Å². The van der Waals surface area contributed by atoms with E-state index in [1.54, 1.807) is 6.20 Å². The van der Waals surface area contributed by atoms with Gasteiger partial charge in [-0.1, -0.05) is 13.3 Å². The fraction of sp³-hybridized carbons (Fsp3) is 0.500. The van der Waals surface area contributed by atoms with Crippen LogP contribution in [0.3, 0.4) is 0 Å². The first kappa shape index (κ1) is 11.6. The molecule has 1 fully saturated rings. The highest BCUT2D eigenvalue weighted by Gasteiger charge is 2.29. The SMILES string of the molecule is CC1CCCC1C(=O)Nc1ccc(Br)cn1. The van der Waals surface area contributed by atoms with Gasteiger partial charge < -0.3 is 5.32 Å². The zero-order valence-corrected chi connectivity index (χ0v) is 10.8. The third kappa shape index (κ3) is 2.61. The Morgan fingerprint density at radius 2 is 2.31 bits per heavy atom. The van der Waals surface area contributed by atoms with Crippen LogP contribution in [0, 0.1) is 11.8 Å². The van der Waals surface area contributed by atoms with Crippen LogP contribution in [0.2, 0.25) is 0 Å². The Bertz CT molecular complexity index is 377. The van der Waals surface area contributed by atoms with Gasteiger partial charge in [0.2, 0.25) is 5.91 Å². The summed E-state index contributed by atoms with van der Waals surface area (Å²) in [6.45, 7) is 2.15. The van der Waals surface area contributed by atoms with Crippen LogP contribution in [0.15, 0.2) is 22.8 Å². The first-order valence-corrected chi connectivity index (χ1v) is 6.38. The second kappa shape index (κ2) is 4.95. The lowest BCUT2D eigenvalue weighted by atomic mass is 9.97. The maximum absolute atomic E-state index is 11.9. The van der Waals surface area contributed by atoms with Gasteiger partial charge in [-0.3, -0.25) is 4.79 Å². The first-order valence-electron chi connectivity index (χ1n) is 5.59. The van der Waals surface area contributed by atoms with Gasteiger partial charge in [-0.25, -0.2) is 4.98 Å². The number of carbonyl (C=O) groups excluding carboxylic acids is 1. The highest BCUT2D eigenvalue weighted by Crippen LogP contribution is 2.31. The molecule has 0 aliphatic heterocycles. The Kier molecular flexibility index (Phi) is 3.59. The van der Waals surface area contributed by atoms with Crippen LogP contribution in [0.4, 0.5) is 5.82 Å². The topological polar surface area (TPSA) is 42.0 Å². The Morgan fingerprint density at radius 1 is 1.50 bits per heavy atom. The van der Waals surface area contributed by atoms with Crippen molar-refractivity contribution in [1.82, 2.24) is 4.98 Å². The highest BCUT2D eigenvalue weighted by atomic mass is 79.9. The molecule has 0 radical (unpaired) electrons. The van der Waals surface area contributed by atoms with Gasteiger partial charge in [0.15, 0.2) is 0 Å². The van der Waals surface area contributed by atoms with E-state index >= 15 is 0 Å². The molecule has 0 spiro atoms. The Labute approximate surface area is 104 Å². The van der Waals surface area contributed by atoms with Crippen LogP contribution in [0.25, 0.3) is 0 Å². The molecule has 1 aliphatic rings. The molecule has 1 aromatic heterocycles. The number of hydrogen-bond donors (Lipinski definition) is 1. The summed E-state index contributed by atoms with van der Waals surface area (Å²) in [5, 5.41) is 2.87. The molecule has 0 bridgehead atoms. The molecule has 1 N–H and O–H groups in total. The fourth-order valence-electron chi connectivity index (χ4n) is 2.20. The molecule has 2 unspecified atom stereocenters. The van der Waals surface area contributed by atoms with Gasteiger partial charge in [0.05, 0.1) is 0 Å². The van der Waals surface area contributed by atoms with Gasteiger partial charge in [-0.2, -0.15) is 0 Å². The van der Waals surface area contributed by atoms with Gasteiger partial charge in [0, 0.05) is 16.6 Å². The van der Waals surface area contributed by atoms with Gasteiger partial charge >= 0.3 is 0 Å². The van der Waals surface area contributed by atoms with E-state index in [4.69, 9.17) is 0 Å². The molecule has 2 atom stereocenters. The largest absolute Gasteiger partial charge is 0.310 e. The number of hydrogen-bond acceptors (Lipinski definition) is 2. The number of anilines is 1. The summed E-state index contributed by atoms with van der Waals surface area (Å²) in [4.78, 5) is 16.1. The minimum Gasteiger partial charge on any atom is -0.310 e. The number of pyridine rings is 1. The Morgan fingerprint density at radius 3 is 2.88 bits per heavy atom. The molecule has 1 saturated carbocycles. The molecular weight excluding hydrogens is 268 g/mol. The average molecular weight is 283 g/mol. The molecular formula is C12H15BrN2O. The van der Waals surface area contributed by atoms with Crippen molar-refractivity contribution in [2.45, 2.75) is 26.2 Å². The number of nitrogens with zero attached hydrogens (tertiary/aromatic N) is 1. The first-order chi connectivity index (χ1) is 7.66.